The maximum absolute atomic E-state index is 12.8. The van der Waals surface area contributed by atoms with E-state index >= 15 is 0 Å². The zero-order chi connectivity index (χ0) is 18.8. The van der Waals surface area contributed by atoms with Crippen molar-refractivity contribution in [2.45, 2.75) is 12.5 Å². The molecule has 3 aromatic rings. The van der Waals surface area contributed by atoms with Crippen molar-refractivity contribution < 1.29 is 4.79 Å². The highest BCUT2D eigenvalue weighted by atomic mass is 32.1. The van der Waals surface area contributed by atoms with E-state index in [2.05, 4.69) is 69.4 Å². The Morgan fingerprint density at radius 1 is 1.15 bits per heavy atom. The van der Waals surface area contributed by atoms with E-state index in [1.54, 1.807) is 11.3 Å². The van der Waals surface area contributed by atoms with Gasteiger partial charge >= 0.3 is 0 Å². The monoisotopic (exact) mass is 379 g/mol. The van der Waals surface area contributed by atoms with Gasteiger partial charge in [0, 0.05) is 50.0 Å². The summed E-state index contributed by atoms with van der Waals surface area (Å²) in [6, 6.07) is 17.1. The largest absolute Gasteiger partial charge is 0.378 e. The first-order valence-electron chi connectivity index (χ1n) is 9.33. The van der Waals surface area contributed by atoms with Crippen molar-refractivity contribution >= 4 is 33.0 Å². The number of rotatable bonds is 5. The van der Waals surface area contributed by atoms with E-state index in [4.69, 9.17) is 0 Å². The molecule has 0 aliphatic carbocycles. The molecule has 2 atom stereocenters. The number of amides is 1. The molecule has 2 heterocycles. The fourth-order valence-electron chi connectivity index (χ4n) is 3.75. The highest BCUT2D eigenvalue weighted by molar-refractivity contribution is 7.17. The molecule has 0 radical (unpaired) electrons. The number of hydrogen-bond acceptors (Lipinski definition) is 4. The lowest BCUT2D eigenvalue weighted by Gasteiger charge is -2.19. The van der Waals surface area contributed by atoms with E-state index in [9.17, 15) is 4.79 Å². The molecule has 5 heteroatoms. The third-order valence-corrected chi connectivity index (χ3v) is 6.27. The van der Waals surface area contributed by atoms with Crippen LogP contribution in [0, 0.1) is 5.92 Å². The smallest absolute Gasteiger partial charge is 0.225 e. The number of nitrogens with one attached hydrogen (secondary N) is 2. The molecule has 27 heavy (non-hydrogen) atoms. The molecule has 1 amide bonds. The zero-order valence-electron chi connectivity index (χ0n) is 15.7. The molecule has 2 aromatic carbocycles. The number of fused-ring (bicyclic) bond motifs is 1. The van der Waals surface area contributed by atoms with E-state index in [0.717, 1.165) is 24.3 Å². The molecule has 2 N–H and O–H groups in total. The van der Waals surface area contributed by atoms with Crippen molar-refractivity contribution in [1.82, 2.24) is 10.6 Å². The first-order chi connectivity index (χ1) is 13.1. The lowest BCUT2D eigenvalue weighted by atomic mass is 9.88. The number of benzene rings is 2. The van der Waals surface area contributed by atoms with Crippen molar-refractivity contribution in [3.8, 4) is 0 Å². The number of thiophene rings is 1. The molecule has 140 valence electrons. The number of nitrogens with zero attached hydrogens (tertiary/aromatic N) is 1. The molecule has 0 saturated carbocycles. The van der Waals surface area contributed by atoms with E-state index in [-0.39, 0.29) is 17.7 Å². The Morgan fingerprint density at radius 2 is 1.96 bits per heavy atom. The molecule has 0 bridgehead atoms. The Morgan fingerprint density at radius 3 is 2.74 bits per heavy atom. The summed E-state index contributed by atoms with van der Waals surface area (Å²) in [7, 11) is 4.05. The van der Waals surface area contributed by atoms with Gasteiger partial charge in [0.15, 0.2) is 0 Å². The van der Waals surface area contributed by atoms with Gasteiger partial charge in [0.25, 0.3) is 0 Å². The molecule has 0 spiro atoms. The van der Waals surface area contributed by atoms with Gasteiger partial charge in [-0.15, -0.1) is 11.3 Å². The third-order valence-electron chi connectivity index (χ3n) is 5.38. The van der Waals surface area contributed by atoms with Gasteiger partial charge in [0.2, 0.25) is 5.91 Å². The topological polar surface area (TPSA) is 44.4 Å². The Kier molecular flexibility index (Phi) is 5.14. The molecule has 4 nitrogen and oxygen atoms in total. The first-order valence-corrected chi connectivity index (χ1v) is 10.2. The number of anilines is 1. The molecular formula is C22H25N3OS. The molecule has 1 aromatic heterocycles. The van der Waals surface area contributed by atoms with Gasteiger partial charge in [-0.3, -0.25) is 4.79 Å². The molecule has 1 aliphatic heterocycles. The normalized spacial score (nSPS) is 19.3. The summed E-state index contributed by atoms with van der Waals surface area (Å²) in [4.78, 5) is 14.9. The van der Waals surface area contributed by atoms with Crippen molar-refractivity contribution in [1.29, 1.82) is 0 Å². The van der Waals surface area contributed by atoms with Crippen molar-refractivity contribution in [2.24, 2.45) is 5.92 Å². The van der Waals surface area contributed by atoms with Crippen LogP contribution < -0.4 is 15.5 Å². The second-order valence-electron chi connectivity index (χ2n) is 7.37. The van der Waals surface area contributed by atoms with E-state index < -0.39 is 0 Å². The fourth-order valence-corrected chi connectivity index (χ4v) is 4.52. The van der Waals surface area contributed by atoms with Gasteiger partial charge in [0.05, 0.1) is 5.92 Å². The highest BCUT2D eigenvalue weighted by Gasteiger charge is 2.33. The van der Waals surface area contributed by atoms with E-state index in [1.165, 1.54) is 15.6 Å². The molecular weight excluding hydrogens is 354 g/mol. The van der Waals surface area contributed by atoms with Crippen LogP contribution in [0.3, 0.4) is 0 Å². The minimum atomic E-state index is -0.0258. The predicted molar refractivity (Wildman–Crippen MR) is 114 cm³/mol. The van der Waals surface area contributed by atoms with Crippen LogP contribution in [0.15, 0.2) is 53.9 Å². The van der Waals surface area contributed by atoms with Gasteiger partial charge < -0.3 is 15.5 Å². The van der Waals surface area contributed by atoms with Gasteiger partial charge in [-0.25, -0.2) is 0 Å². The summed E-state index contributed by atoms with van der Waals surface area (Å²) in [5.74, 6) is 0.333. The van der Waals surface area contributed by atoms with Crippen molar-refractivity contribution in [2.75, 3.05) is 32.1 Å². The Balaban J connectivity index is 1.42. The minimum Gasteiger partial charge on any atom is -0.378 e. The summed E-state index contributed by atoms with van der Waals surface area (Å²) >= 11 is 1.76. The Bertz CT molecular complexity index is 932. The van der Waals surface area contributed by atoms with E-state index in [0.29, 0.717) is 6.54 Å². The first kappa shape index (κ1) is 18.0. The molecule has 1 aliphatic rings. The maximum Gasteiger partial charge on any atom is 0.225 e. The number of carbonyl (C=O) groups is 1. The van der Waals surface area contributed by atoms with Crippen LogP contribution in [-0.2, 0) is 11.3 Å². The van der Waals surface area contributed by atoms with Crippen LogP contribution in [-0.4, -0.2) is 33.1 Å². The highest BCUT2D eigenvalue weighted by Crippen LogP contribution is 2.32. The zero-order valence-corrected chi connectivity index (χ0v) is 16.6. The minimum absolute atomic E-state index is 0.0258. The van der Waals surface area contributed by atoms with Gasteiger partial charge in [-0.2, -0.15) is 0 Å². The SMILES string of the molecule is CN(C)c1ccc(CNC(=O)[C@H]2CNC[C@@H]2c2ccc3sccc3c2)cc1. The van der Waals surface area contributed by atoms with Crippen molar-refractivity contribution in [3.05, 3.63) is 65.0 Å². The molecule has 0 unspecified atom stereocenters. The molecule has 1 fully saturated rings. The van der Waals surface area contributed by atoms with E-state index in [1.807, 2.05) is 14.1 Å². The summed E-state index contributed by atoms with van der Waals surface area (Å²) in [5.41, 5.74) is 3.53. The van der Waals surface area contributed by atoms with Crippen LogP contribution in [0.25, 0.3) is 10.1 Å². The van der Waals surface area contributed by atoms with Crippen LogP contribution in [0.5, 0.6) is 0 Å². The van der Waals surface area contributed by atoms with Gasteiger partial charge in [-0.05, 0) is 52.2 Å². The number of carbonyl (C=O) groups excluding carboxylic acids is 1. The standard InChI is InChI=1S/C22H25N3OS/c1-25(2)18-6-3-15(4-7-18)12-24-22(26)20-14-23-13-19(20)16-5-8-21-17(11-16)9-10-27-21/h3-11,19-20,23H,12-14H2,1-2H3,(H,24,26)/t19-,20+/m1/s1. The number of hydrogen-bond donors (Lipinski definition) is 2. The summed E-state index contributed by atoms with van der Waals surface area (Å²) < 4.78 is 1.30. The van der Waals surface area contributed by atoms with Crippen LogP contribution in [0.1, 0.15) is 17.0 Å². The lowest BCUT2D eigenvalue weighted by molar-refractivity contribution is -0.125. The Labute approximate surface area is 164 Å². The van der Waals surface area contributed by atoms with Gasteiger partial charge in [-0.1, -0.05) is 18.2 Å². The average molecular weight is 380 g/mol. The predicted octanol–water partition coefficient (Wildman–Crippen LogP) is 3.59. The van der Waals surface area contributed by atoms with Crippen LogP contribution in [0.4, 0.5) is 5.69 Å². The quantitative estimate of drug-likeness (QED) is 0.712. The second-order valence-corrected chi connectivity index (χ2v) is 8.32. The second kappa shape index (κ2) is 7.71. The summed E-state index contributed by atoms with van der Waals surface area (Å²) in [6.07, 6.45) is 0. The van der Waals surface area contributed by atoms with Crippen LogP contribution >= 0.6 is 11.3 Å². The third kappa shape index (κ3) is 3.84. The molecule has 4 rings (SSSR count). The Hall–Kier alpha value is -2.37. The maximum atomic E-state index is 12.8. The fraction of sp³-hybridized carbons (Fsp3) is 0.318. The average Bonchev–Trinajstić information content (AvgIpc) is 3.34. The summed E-state index contributed by atoms with van der Waals surface area (Å²) in [6.45, 7) is 2.16. The molecule has 1 saturated heterocycles. The van der Waals surface area contributed by atoms with Crippen molar-refractivity contribution in [3.63, 3.8) is 0 Å². The lowest BCUT2D eigenvalue weighted by Crippen LogP contribution is -2.34. The summed E-state index contributed by atoms with van der Waals surface area (Å²) in [5, 5.41) is 9.92. The van der Waals surface area contributed by atoms with Gasteiger partial charge in [0.1, 0.15) is 0 Å². The van der Waals surface area contributed by atoms with Crippen LogP contribution in [0.2, 0.25) is 0 Å².